The third-order valence-corrected chi connectivity index (χ3v) is 4.98. The van der Waals surface area contributed by atoms with Gasteiger partial charge in [-0.1, -0.05) is 0 Å². The molecule has 0 aliphatic rings. The number of aromatic nitrogens is 2. The molecule has 0 atom stereocenters. The summed E-state index contributed by atoms with van der Waals surface area (Å²) in [6.07, 6.45) is 0. The van der Waals surface area contributed by atoms with Gasteiger partial charge in [0.15, 0.2) is 0 Å². The van der Waals surface area contributed by atoms with Crippen molar-refractivity contribution in [3.05, 3.63) is 21.2 Å². The molecule has 0 bridgehead atoms. The third-order valence-electron chi connectivity index (χ3n) is 2.51. The number of rotatable bonds is 0. The number of hydrogen-bond donors (Lipinski definition) is 0. The molecule has 0 aliphatic heterocycles. The average molecular weight is 353 g/mol. The molecule has 0 spiro atoms. The van der Waals surface area contributed by atoms with Crippen LogP contribution in [0.15, 0.2) is 4.47 Å². The SMILES string of the molecule is Cc1c(C)c(Br)c2n[te]nc2c1C. The standard InChI is InChI=1S/C9H9BrN2Te/c1-4-5(2)7(10)9-8(6(4)3)11-13-12-9/h1-3H3. The van der Waals surface area contributed by atoms with Crippen LogP contribution in [0.25, 0.3) is 11.0 Å². The minimum absolute atomic E-state index is 0.492. The van der Waals surface area contributed by atoms with Gasteiger partial charge < -0.3 is 0 Å². The summed E-state index contributed by atoms with van der Waals surface area (Å²) in [7, 11) is 0. The quantitative estimate of drug-likeness (QED) is 0.680. The van der Waals surface area contributed by atoms with Gasteiger partial charge in [-0.15, -0.1) is 0 Å². The molecule has 0 saturated carbocycles. The van der Waals surface area contributed by atoms with Crippen molar-refractivity contribution in [2.24, 2.45) is 0 Å². The van der Waals surface area contributed by atoms with E-state index >= 15 is 0 Å². The molecule has 0 N–H and O–H groups in total. The maximum atomic E-state index is 4.49. The van der Waals surface area contributed by atoms with E-state index in [-0.39, 0.29) is 0 Å². The van der Waals surface area contributed by atoms with E-state index in [9.17, 15) is 0 Å². The molecule has 4 heteroatoms. The number of nitrogens with zero attached hydrogens (tertiary/aromatic N) is 2. The second kappa shape index (κ2) is 3.34. The van der Waals surface area contributed by atoms with Crippen LogP contribution in [0.3, 0.4) is 0 Å². The van der Waals surface area contributed by atoms with Gasteiger partial charge in [-0.2, -0.15) is 0 Å². The van der Waals surface area contributed by atoms with Crippen LogP contribution in [0.4, 0.5) is 0 Å². The number of benzene rings is 1. The molecular formula is C9H9BrN2Te. The number of fused-ring (bicyclic) bond motifs is 1. The Balaban J connectivity index is 3.02. The van der Waals surface area contributed by atoms with Gasteiger partial charge in [-0.3, -0.25) is 0 Å². The first-order valence-electron chi connectivity index (χ1n) is 4.00. The summed E-state index contributed by atoms with van der Waals surface area (Å²) >= 11 is 3.09. The fourth-order valence-electron chi connectivity index (χ4n) is 1.38. The van der Waals surface area contributed by atoms with E-state index in [1.54, 1.807) is 0 Å². The van der Waals surface area contributed by atoms with Crippen molar-refractivity contribution in [3.8, 4) is 0 Å². The summed E-state index contributed by atoms with van der Waals surface area (Å²) in [4.78, 5) is 0. The molecule has 1 aromatic heterocycles. The zero-order chi connectivity index (χ0) is 9.59. The van der Waals surface area contributed by atoms with Crippen LogP contribution < -0.4 is 0 Å². The van der Waals surface area contributed by atoms with Crippen LogP contribution in [0.2, 0.25) is 0 Å². The van der Waals surface area contributed by atoms with E-state index in [1.165, 1.54) is 16.7 Å². The summed E-state index contributed by atoms with van der Waals surface area (Å²) in [6, 6.07) is 0. The molecule has 1 aromatic carbocycles. The molecular weight excluding hydrogens is 344 g/mol. The fourth-order valence-corrected chi connectivity index (χ4v) is 4.05. The Bertz CT molecular complexity index is 434. The van der Waals surface area contributed by atoms with Gasteiger partial charge in [0.05, 0.1) is 0 Å². The molecule has 1 heterocycles. The Hall–Kier alpha value is 0.0896. The first-order chi connectivity index (χ1) is 6.13. The topological polar surface area (TPSA) is 25.8 Å². The second-order valence-electron chi connectivity index (χ2n) is 3.15. The number of aryl methyl sites for hydroxylation is 1. The van der Waals surface area contributed by atoms with Crippen LogP contribution in [0.5, 0.6) is 0 Å². The molecule has 2 nitrogen and oxygen atoms in total. The first kappa shape index (κ1) is 9.64. The van der Waals surface area contributed by atoms with Crippen molar-refractivity contribution in [1.29, 1.82) is 0 Å². The van der Waals surface area contributed by atoms with E-state index < -0.39 is 21.0 Å². The van der Waals surface area contributed by atoms with E-state index in [0.29, 0.717) is 0 Å². The van der Waals surface area contributed by atoms with Crippen molar-refractivity contribution in [2.75, 3.05) is 0 Å². The first-order valence-corrected chi connectivity index (χ1v) is 6.88. The summed E-state index contributed by atoms with van der Waals surface area (Å²) < 4.78 is 10.1. The van der Waals surface area contributed by atoms with Crippen LogP contribution >= 0.6 is 15.9 Å². The van der Waals surface area contributed by atoms with Gasteiger partial charge in [0.2, 0.25) is 0 Å². The number of hydrogen-bond acceptors (Lipinski definition) is 2. The van der Waals surface area contributed by atoms with Crippen LogP contribution in [-0.4, -0.2) is 27.4 Å². The monoisotopic (exact) mass is 354 g/mol. The predicted octanol–water partition coefficient (Wildman–Crippen LogP) is 2.37. The third kappa shape index (κ3) is 1.36. The van der Waals surface area contributed by atoms with Gasteiger partial charge in [-0.25, -0.2) is 0 Å². The molecule has 0 saturated heterocycles. The molecule has 0 radical (unpaired) electrons. The Morgan fingerprint density at radius 3 is 2.23 bits per heavy atom. The van der Waals surface area contributed by atoms with Gasteiger partial charge in [0.25, 0.3) is 0 Å². The van der Waals surface area contributed by atoms with Crippen LogP contribution in [0.1, 0.15) is 16.7 Å². The van der Waals surface area contributed by atoms with Crippen molar-refractivity contribution >= 4 is 48.0 Å². The van der Waals surface area contributed by atoms with Crippen molar-refractivity contribution in [1.82, 2.24) is 6.41 Å². The minimum atomic E-state index is -0.492. The van der Waals surface area contributed by atoms with E-state index in [1.807, 2.05) is 0 Å². The summed E-state index contributed by atoms with van der Waals surface area (Å²) in [5.41, 5.74) is 6.13. The summed E-state index contributed by atoms with van der Waals surface area (Å²) in [6.45, 7) is 6.40. The van der Waals surface area contributed by atoms with Crippen molar-refractivity contribution < 1.29 is 0 Å². The Kier molecular flexibility index (Phi) is 2.48. The van der Waals surface area contributed by atoms with Crippen molar-refractivity contribution in [2.45, 2.75) is 20.8 Å². The van der Waals surface area contributed by atoms with E-state index in [2.05, 4.69) is 43.1 Å². The van der Waals surface area contributed by atoms with E-state index in [4.69, 9.17) is 0 Å². The molecule has 2 rings (SSSR count). The molecule has 0 aliphatic carbocycles. The fraction of sp³-hybridized carbons (Fsp3) is 0.333. The maximum absolute atomic E-state index is 4.49. The average Bonchev–Trinajstić information content (AvgIpc) is 2.59. The van der Waals surface area contributed by atoms with Gasteiger partial charge in [-0.05, 0) is 0 Å². The molecule has 68 valence electrons. The Morgan fingerprint density at radius 1 is 0.923 bits per heavy atom. The normalized spacial score (nSPS) is 11.1. The zero-order valence-corrected chi connectivity index (χ0v) is 11.6. The second-order valence-corrected chi connectivity index (χ2v) is 5.45. The molecule has 0 unspecified atom stereocenters. The summed E-state index contributed by atoms with van der Waals surface area (Å²) in [5.74, 6) is 0. The summed E-state index contributed by atoms with van der Waals surface area (Å²) in [5, 5.41) is 0. The molecule has 0 amide bonds. The van der Waals surface area contributed by atoms with Gasteiger partial charge in [0, 0.05) is 0 Å². The van der Waals surface area contributed by atoms with Gasteiger partial charge >= 0.3 is 96.3 Å². The number of halogens is 1. The molecule has 2 aromatic rings. The zero-order valence-electron chi connectivity index (χ0n) is 7.68. The van der Waals surface area contributed by atoms with Crippen LogP contribution in [-0.2, 0) is 0 Å². The predicted molar refractivity (Wildman–Crippen MR) is 58.4 cm³/mol. The Morgan fingerprint density at radius 2 is 1.54 bits per heavy atom. The Labute approximate surface area is 95.9 Å². The molecule has 13 heavy (non-hydrogen) atoms. The van der Waals surface area contributed by atoms with E-state index in [0.717, 1.165) is 15.5 Å². The van der Waals surface area contributed by atoms with Gasteiger partial charge in [0.1, 0.15) is 0 Å². The van der Waals surface area contributed by atoms with Crippen molar-refractivity contribution in [3.63, 3.8) is 0 Å². The molecule has 0 fully saturated rings. The van der Waals surface area contributed by atoms with Crippen LogP contribution in [0, 0.1) is 20.8 Å².